The summed E-state index contributed by atoms with van der Waals surface area (Å²) in [4.78, 5) is 12.8. The third-order valence-electron chi connectivity index (χ3n) is 5.22. The number of nitrogens with one attached hydrogen (secondary N) is 1. The maximum atomic E-state index is 12.8. The zero-order valence-electron chi connectivity index (χ0n) is 16.1. The third-order valence-corrected chi connectivity index (χ3v) is 5.22. The highest BCUT2D eigenvalue weighted by Crippen LogP contribution is 2.46. The van der Waals surface area contributed by atoms with E-state index in [2.05, 4.69) is 44.0 Å². The molecule has 3 N–H and O–H groups in total. The minimum Gasteiger partial charge on any atom is -0.462 e. The van der Waals surface area contributed by atoms with Gasteiger partial charge in [0.2, 0.25) is 11.8 Å². The minimum atomic E-state index is -0.459. The second-order valence-corrected chi connectivity index (χ2v) is 6.77. The number of hydrogen-bond acceptors (Lipinski definition) is 5. The highest BCUT2D eigenvalue weighted by molar-refractivity contribution is 5.93. The number of aryl methyl sites for hydroxylation is 3. The van der Waals surface area contributed by atoms with Gasteiger partial charge in [0.25, 0.3) is 0 Å². The van der Waals surface area contributed by atoms with Crippen LogP contribution in [-0.4, -0.2) is 22.8 Å². The summed E-state index contributed by atoms with van der Waals surface area (Å²) >= 11 is 0. The molecule has 1 aliphatic heterocycles. The van der Waals surface area contributed by atoms with Crippen LogP contribution in [0.15, 0.2) is 17.5 Å². The lowest BCUT2D eigenvalue weighted by Gasteiger charge is -2.29. The predicted molar refractivity (Wildman–Crippen MR) is 99.0 cm³/mol. The van der Waals surface area contributed by atoms with Gasteiger partial charge in [-0.05, 0) is 69.4 Å². The zero-order valence-corrected chi connectivity index (χ0v) is 16.1. The number of benzene rings is 1. The van der Waals surface area contributed by atoms with E-state index >= 15 is 0 Å². The van der Waals surface area contributed by atoms with E-state index in [1.165, 1.54) is 11.1 Å². The lowest BCUT2D eigenvalue weighted by atomic mass is 9.77. The quantitative estimate of drug-likeness (QED) is 0.825. The third kappa shape index (κ3) is 2.66. The summed E-state index contributed by atoms with van der Waals surface area (Å²) in [5.74, 6) is -0.379. The Labute approximate surface area is 153 Å². The van der Waals surface area contributed by atoms with E-state index in [-0.39, 0.29) is 18.4 Å². The van der Waals surface area contributed by atoms with Gasteiger partial charge >= 0.3 is 5.97 Å². The molecule has 0 spiro atoms. The molecule has 6 nitrogen and oxygen atoms in total. The number of aromatic nitrogens is 2. The maximum absolute atomic E-state index is 12.8. The molecule has 138 valence electrons. The average molecular weight is 355 g/mol. The van der Waals surface area contributed by atoms with E-state index in [9.17, 15) is 4.79 Å². The Kier molecular flexibility index (Phi) is 4.52. The summed E-state index contributed by atoms with van der Waals surface area (Å²) in [6, 6.07) is 2.16. The van der Waals surface area contributed by atoms with Crippen molar-refractivity contribution >= 4 is 5.97 Å². The maximum Gasteiger partial charge on any atom is 0.340 e. The summed E-state index contributed by atoms with van der Waals surface area (Å²) in [7, 11) is 0. The molecule has 6 heteroatoms. The molecule has 0 bridgehead atoms. The Morgan fingerprint density at radius 2 is 1.81 bits per heavy atom. The lowest BCUT2D eigenvalue weighted by molar-refractivity contribution is -0.139. The molecule has 26 heavy (non-hydrogen) atoms. The van der Waals surface area contributed by atoms with Crippen LogP contribution in [0.3, 0.4) is 0 Å². The molecule has 1 aliphatic rings. The highest BCUT2D eigenvalue weighted by Gasteiger charge is 2.40. The van der Waals surface area contributed by atoms with Crippen LogP contribution in [-0.2, 0) is 9.53 Å². The van der Waals surface area contributed by atoms with E-state index in [0.717, 1.165) is 27.9 Å². The van der Waals surface area contributed by atoms with Gasteiger partial charge in [0.15, 0.2) is 0 Å². The van der Waals surface area contributed by atoms with Crippen LogP contribution in [0.5, 0.6) is 5.88 Å². The standard InChI is InChI=1S/C20H25N3O3/c1-7-25-20(24)17-16(14-11(4)9(2)8-10(3)12(14)5)15-13(6)22-23-19(15)26-18(17)21/h8,16H,7,21H2,1-6H3,(H,22,23). The van der Waals surface area contributed by atoms with E-state index in [1.807, 2.05) is 6.92 Å². The number of esters is 1. The number of fused-ring (bicyclic) bond motifs is 1. The molecule has 0 radical (unpaired) electrons. The monoisotopic (exact) mass is 355 g/mol. The van der Waals surface area contributed by atoms with Crippen molar-refractivity contribution in [3.63, 3.8) is 0 Å². The van der Waals surface area contributed by atoms with Gasteiger partial charge in [0.1, 0.15) is 5.57 Å². The molecule has 1 atom stereocenters. The molecular weight excluding hydrogens is 330 g/mol. The van der Waals surface area contributed by atoms with E-state index in [4.69, 9.17) is 15.2 Å². The number of nitrogens with zero attached hydrogens (tertiary/aromatic N) is 1. The zero-order chi connectivity index (χ0) is 19.2. The summed E-state index contributed by atoms with van der Waals surface area (Å²) in [5, 5.41) is 7.16. The second-order valence-electron chi connectivity index (χ2n) is 6.77. The Bertz CT molecular complexity index is 899. The Morgan fingerprint density at radius 3 is 2.38 bits per heavy atom. The first-order chi connectivity index (χ1) is 12.3. The summed E-state index contributed by atoms with van der Waals surface area (Å²) < 4.78 is 10.9. The number of rotatable bonds is 3. The van der Waals surface area contributed by atoms with Crippen LogP contribution in [0.25, 0.3) is 0 Å². The molecular formula is C20H25N3O3. The molecule has 1 aromatic carbocycles. The van der Waals surface area contributed by atoms with Crippen LogP contribution < -0.4 is 10.5 Å². The van der Waals surface area contributed by atoms with Crippen molar-refractivity contribution in [2.24, 2.45) is 5.73 Å². The van der Waals surface area contributed by atoms with Gasteiger partial charge in [-0.15, -0.1) is 5.10 Å². The molecule has 2 aromatic rings. The molecule has 0 saturated carbocycles. The molecule has 0 saturated heterocycles. The lowest BCUT2D eigenvalue weighted by Crippen LogP contribution is -2.28. The van der Waals surface area contributed by atoms with Gasteiger partial charge in [0.05, 0.1) is 12.5 Å². The molecule has 3 rings (SSSR count). The Hall–Kier alpha value is -2.76. The average Bonchev–Trinajstić information content (AvgIpc) is 2.93. The van der Waals surface area contributed by atoms with Crippen molar-refractivity contribution < 1.29 is 14.3 Å². The molecule has 1 aromatic heterocycles. The predicted octanol–water partition coefficient (Wildman–Crippen LogP) is 3.21. The first kappa shape index (κ1) is 18.0. The van der Waals surface area contributed by atoms with Crippen molar-refractivity contribution in [1.29, 1.82) is 0 Å². The van der Waals surface area contributed by atoms with Crippen LogP contribution in [0.4, 0.5) is 0 Å². The molecule has 2 heterocycles. The largest absolute Gasteiger partial charge is 0.462 e. The Balaban J connectivity index is 2.35. The number of hydrogen-bond donors (Lipinski definition) is 2. The molecule has 1 unspecified atom stereocenters. The number of carbonyl (C=O) groups excluding carboxylic acids is 1. The normalized spacial score (nSPS) is 16.3. The first-order valence-electron chi connectivity index (χ1n) is 8.74. The SMILES string of the molecule is CCOC(=O)C1=C(N)Oc2n[nH]c(C)c2C1c1c(C)c(C)cc(C)c1C. The van der Waals surface area contributed by atoms with Crippen molar-refractivity contribution in [3.8, 4) is 5.88 Å². The molecule has 0 fully saturated rings. The number of H-pyrrole nitrogens is 1. The minimum absolute atomic E-state index is 0.0467. The van der Waals surface area contributed by atoms with Gasteiger partial charge in [-0.1, -0.05) is 6.07 Å². The van der Waals surface area contributed by atoms with Crippen LogP contribution >= 0.6 is 0 Å². The number of ether oxygens (including phenoxy) is 2. The van der Waals surface area contributed by atoms with Crippen LogP contribution in [0.1, 0.15) is 51.9 Å². The fourth-order valence-corrected chi connectivity index (χ4v) is 3.68. The molecule has 0 amide bonds. The number of nitrogens with two attached hydrogens (primary N) is 1. The highest BCUT2D eigenvalue weighted by atomic mass is 16.5. The first-order valence-corrected chi connectivity index (χ1v) is 8.74. The van der Waals surface area contributed by atoms with E-state index in [1.54, 1.807) is 6.92 Å². The summed E-state index contributed by atoms with van der Waals surface area (Å²) in [5.41, 5.74) is 13.8. The van der Waals surface area contributed by atoms with Crippen LogP contribution in [0, 0.1) is 34.6 Å². The number of carbonyl (C=O) groups is 1. The summed E-state index contributed by atoms with van der Waals surface area (Å²) in [6.07, 6.45) is 0. The van der Waals surface area contributed by atoms with Gasteiger partial charge in [-0.2, -0.15) is 0 Å². The fourth-order valence-electron chi connectivity index (χ4n) is 3.68. The second kappa shape index (κ2) is 6.52. The smallest absolute Gasteiger partial charge is 0.340 e. The van der Waals surface area contributed by atoms with E-state index < -0.39 is 5.97 Å². The van der Waals surface area contributed by atoms with Gasteiger partial charge in [-0.3, -0.25) is 5.10 Å². The van der Waals surface area contributed by atoms with Crippen molar-refractivity contribution in [2.45, 2.75) is 47.5 Å². The Morgan fingerprint density at radius 1 is 1.19 bits per heavy atom. The summed E-state index contributed by atoms with van der Waals surface area (Å²) in [6.45, 7) is 12.2. The fraction of sp³-hybridized carbons (Fsp3) is 0.400. The van der Waals surface area contributed by atoms with E-state index in [0.29, 0.717) is 11.5 Å². The molecule has 0 aliphatic carbocycles. The number of aromatic amines is 1. The van der Waals surface area contributed by atoms with Crippen molar-refractivity contribution in [3.05, 3.63) is 56.6 Å². The van der Waals surface area contributed by atoms with Gasteiger partial charge in [0, 0.05) is 11.3 Å². The van der Waals surface area contributed by atoms with Crippen molar-refractivity contribution in [2.75, 3.05) is 6.61 Å². The van der Waals surface area contributed by atoms with Gasteiger partial charge < -0.3 is 15.2 Å². The van der Waals surface area contributed by atoms with Crippen molar-refractivity contribution in [1.82, 2.24) is 10.2 Å². The topological polar surface area (TPSA) is 90.2 Å². The van der Waals surface area contributed by atoms with Gasteiger partial charge in [-0.25, -0.2) is 4.79 Å². The van der Waals surface area contributed by atoms with Crippen LogP contribution in [0.2, 0.25) is 0 Å².